The maximum Gasteiger partial charge on any atom is 0.227 e. The number of likely N-dealkylation sites (tertiary alicyclic amines) is 1. The average molecular weight is 289 g/mol. The normalized spacial score (nSPS) is 19.6. The lowest BCUT2D eigenvalue weighted by Crippen LogP contribution is -2.46. The third-order valence-electron chi connectivity index (χ3n) is 3.91. The summed E-state index contributed by atoms with van der Waals surface area (Å²) in [5.41, 5.74) is 0.920. The van der Waals surface area contributed by atoms with E-state index < -0.39 is 0 Å². The van der Waals surface area contributed by atoms with Gasteiger partial charge in [-0.05, 0) is 24.3 Å². The summed E-state index contributed by atoms with van der Waals surface area (Å²) in [5, 5.41) is 0. The minimum absolute atomic E-state index is 0.259. The van der Waals surface area contributed by atoms with E-state index in [1.165, 1.54) is 5.56 Å². The summed E-state index contributed by atoms with van der Waals surface area (Å²) in [7, 11) is 0. The van der Waals surface area contributed by atoms with E-state index in [1.54, 1.807) is 0 Å². The summed E-state index contributed by atoms with van der Waals surface area (Å²) in [6, 6.07) is 10.2. The van der Waals surface area contributed by atoms with Crippen molar-refractivity contribution in [3.8, 4) is 0 Å². The molecule has 21 heavy (non-hydrogen) atoms. The highest BCUT2D eigenvalue weighted by molar-refractivity contribution is 5.81. The first kappa shape index (κ1) is 16.0. The van der Waals surface area contributed by atoms with Gasteiger partial charge < -0.3 is 9.64 Å². The van der Waals surface area contributed by atoms with Gasteiger partial charge in [0.2, 0.25) is 5.91 Å². The van der Waals surface area contributed by atoms with Crippen LogP contribution < -0.4 is 0 Å². The maximum absolute atomic E-state index is 12.3. The third-order valence-corrected chi connectivity index (χ3v) is 3.91. The molecule has 0 N–H and O–H groups in total. The first-order valence-electron chi connectivity index (χ1n) is 7.88. The van der Waals surface area contributed by atoms with E-state index >= 15 is 0 Å². The highest BCUT2D eigenvalue weighted by atomic mass is 16.5. The highest BCUT2D eigenvalue weighted by Crippen LogP contribution is 2.23. The number of ether oxygens (including phenoxy) is 1. The number of piperidine rings is 1. The average Bonchev–Trinajstić information content (AvgIpc) is 2.47. The molecule has 0 bridgehead atoms. The fourth-order valence-corrected chi connectivity index (χ4v) is 2.78. The highest BCUT2D eigenvalue weighted by Gasteiger charge is 2.30. The molecule has 1 saturated heterocycles. The van der Waals surface area contributed by atoms with Crippen LogP contribution in [0.25, 0.3) is 0 Å². The van der Waals surface area contributed by atoms with Crippen LogP contribution in [0.4, 0.5) is 0 Å². The Bertz CT molecular complexity index is 450. The molecule has 0 aliphatic carbocycles. The predicted molar refractivity (Wildman–Crippen MR) is 84.9 cm³/mol. The Morgan fingerprint density at radius 2 is 2.00 bits per heavy atom. The molecule has 0 spiro atoms. The molecule has 1 atom stereocenters. The van der Waals surface area contributed by atoms with Gasteiger partial charge in [0, 0.05) is 18.5 Å². The molecule has 0 saturated carbocycles. The monoisotopic (exact) mass is 289 g/mol. The lowest BCUT2D eigenvalue weighted by Gasteiger charge is -2.36. The molecule has 116 valence electrons. The van der Waals surface area contributed by atoms with Gasteiger partial charge in [0.15, 0.2) is 0 Å². The Morgan fingerprint density at radius 3 is 2.67 bits per heavy atom. The molecule has 0 aromatic heterocycles. The van der Waals surface area contributed by atoms with Crippen molar-refractivity contribution >= 4 is 5.91 Å². The number of carbonyl (C=O) groups is 1. The molecular weight excluding hydrogens is 262 g/mol. The summed E-state index contributed by atoms with van der Waals surface area (Å²) in [5.74, 6) is 0.726. The van der Waals surface area contributed by atoms with E-state index in [9.17, 15) is 4.79 Å². The molecule has 1 aromatic carbocycles. The summed E-state index contributed by atoms with van der Waals surface area (Å²) < 4.78 is 5.83. The Labute approximate surface area is 128 Å². The Kier molecular flexibility index (Phi) is 5.40. The molecule has 3 nitrogen and oxygen atoms in total. The Balaban J connectivity index is 1.78. The van der Waals surface area contributed by atoms with Gasteiger partial charge in [-0.15, -0.1) is 0 Å². The van der Waals surface area contributed by atoms with Crippen LogP contribution in [0.1, 0.15) is 39.2 Å². The van der Waals surface area contributed by atoms with Crippen LogP contribution in [0, 0.1) is 11.3 Å². The van der Waals surface area contributed by atoms with Gasteiger partial charge in [-0.2, -0.15) is 0 Å². The van der Waals surface area contributed by atoms with Gasteiger partial charge in [0.05, 0.1) is 13.2 Å². The van der Waals surface area contributed by atoms with Crippen LogP contribution in [-0.4, -0.2) is 30.5 Å². The van der Waals surface area contributed by atoms with Crippen LogP contribution in [0.15, 0.2) is 30.3 Å². The van der Waals surface area contributed by atoms with E-state index in [1.807, 2.05) is 43.9 Å². The zero-order valence-corrected chi connectivity index (χ0v) is 13.5. The second-order valence-electron chi connectivity index (χ2n) is 7.01. The van der Waals surface area contributed by atoms with Crippen molar-refractivity contribution in [1.29, 1.82) is 0 Å². The van der Waals surface area contributed by atoms with Gasteiger partial charge >= 0.3 is 0 Å². The van der Waals surface area contributed by atoms with E-state index in [-0.39, 0.29) is 11.3 Å². The summed E-state index contributed by atoms with van der Waals surface area (Å²) in [6.45, 7) is 9.10. The van der Waals surface area contributed by atoms with Crippen molar-refractivity contribution in [2.45, 2.75) is 40.2 Å². The zero-order chi connectivity index (χ0) is 15.3. The van der Waals surface area contributed by atoms with Gasteiger partial charge in [-0.25, -0.2) is 0 Å². The number of carbonyl (C=O) groups excluding carboxylic acids is 1. The van der Waals surface area contributed by atoms with E-state index in [2.05, 4.69) is 12.1 Å². The molecule has 2 rings (SSSR count). The van der Waals surface area contributed by atoms with Crippen molar-refractivity contribution in [1.82, 2.24) is 4.90 Å². The molecule has 3 heteroatoms. The number of hydrogen-bond acceptors (Lipinski definition) is 2. The van der Waals surface area contributed by atoms with Gasteiger partial charge in [-0.3, -0.25) is 4.79 Å². The van der Waals surface area contributed by atoms with Crippen molar-refractivity contribution in [3.05, 3.63) is 35.9 Å². The second kappa shape index (κ2) is 7.08. The van der Waals surface area contributed by atoms with Crippen LogP contribution in [0.2, 0.25) is 0 Å². The third kappa shape index (κ3) is 4.85. The topological polar surface area (TPSA) is 29.5 Å². The predicted octanol–water partition coefficient (Wildman–Crippen LogP) is 3.49. The number of nitrogens with zero attached hydrogens (tertiary/aromatic N) is 1. The molecule has 1 aliphatic rings. The molecule has 1 amide bonds. The van der Waals surface area contributed by atoms with Crippen LogP contribution in [0.5, 0.6) is 0 Å². The molecule has 1 aliphatic heterocycles. The minimum Gasteiger partial charge on any atom is -0.376 e. The van der Waals surface area contributed by atoms with E-state index in [0.717, 1.165) is 32.5 Å². The maximum atomic E-state index is 12.3. The van der Waals surface area contributed by atoms with Gasteiger partial charge in [0.1, 0.15) is 0 Å². The first-order valence-corrected chi connectivity index (χ1v) is 7.88. The van der Waals surface area contributed by atoms with E-state index in [4.69, 9.17) is 4.74 Å². The van der Waals surface area contributed by atoms with Crippen molar-refractivity contribution in [2.75, 3.05) is 19.7 Å². The van der Waals surface area contributed by atoms with Gasteiger partial charge in [-0.1, -0.05) is 51.1 Å². The fraction of sp³-hybridized carbons (Fsp3) is 0.611. The quantitative estimate of drug-likeness (QED) is 0.849. The van der Waals surface area contributed by atoms with Crippen LogP contribution in [0.3, 0.4) is 0 Å². The zero-order valence-electron chi connectivity index (χ0n) is 13.5. The molecule has 1 aromatic rings. The van der Waals surface area contributed by atoms with E-state index in [0.29, 0.717) is 12.5 Å². The lowest BCUT2D eigenvalue weighted by atomic mass is 9.91. The summed E-state index contributed by atoms with van der Waals surface area (Å²) in [4.78, 5) is 14.4. The number of hydrogen-bond donors (Lipinski definition) is 0. The minimum atomic E-state index is -0.285. The number of amides is 1. The molecule has 0 radical (unpaired) electrons. The number of benzene rings is 1. The smallest absolute Gasteiger partial charge is 0.227 e. The SMILES string of the molecule is CC(C)(C)C(=O)N1CCC[C@H](COCc2ccccc2)C1. The van der Waals surface area contributed by atoms with Crippen molar-refractivity contribution < 1.29 is 9.53 Å². The van der Waals surface area contributed by atoms with Crippen molar-refractivity contribution in [2.24, 2.45) is 11.3 Å². The molecule has 1 heterocycles. The Morgan fingerprint density at radius 1 is 1.29 bits per heavy atom. The Hall–Kier alpha value is -1.35. The summed E-state index contributed by atoms with van der Waals surface area (Å²) in [6.07, 6.45) is 2.24. The first-order chi connectivity index (χ1) is 9.97. The number of rotatable bonds is 4. The molecule has 1 fully saturated rings. The molecule has 0 unspecified atom stereocenters. The lowest BCUT2D eigenvalue weighted by molar-refractivity contribution is -0.141. The van der Waals surface area contributed by atoms with Crippen LogP contribution >= 0.6 is 0 Å². The second-order valence-corrected chi connectivity index (χ2v) is 7.01. The van der Waals surface area contributed by atoms with Gasteiger partial charge in [0.25, 0.3) is 0 Å². The summed E-state index contributed by atoms with van der Waals surface area (Å²) >= 11 is 0. The standard InChI is InChI=1S/C18H27NO2/c1-18(2,3)17(20)19-11-7-10-16(12-19)14-21-13-15-8-5-4-6-9-15/h4-6,8-9,16H,7,10-14H2,1-3H3/t16-/m0/s1. The van der Waals surface area contributed by atoms with Crippen LogP contribution in [-0.2, 0) is 16.1 Å². The largest absolute Gasteiger partial charge is 0.376 e. The van der Waals surface area contributed by atoms with Crippen molar-refractivity contribution in [3.63, 3.8) is 0 Å². The fourth-order valence-electron chi connectivity index (χ4n) is 2.78. The molecular formula is C18H27NO2.